The van der Waals surface area contributed by atoms with Crippen LogP contribution in [0.25, 0.3) is 0 Å². The standard InChI is InChI=1S/C30H35F2N3O3/c1-19(33-15-16-38-29(2,3)4)34-21-12-11-20-17-25(36)27(22(20)18-21)35-28(37)30(13-6-5-7-14-30)23-9-8-10-24(31)26(23)32/h5-13,18,25,27,36H,14-17H2,1-4H3,(H,33,34)(H,35,37)/t25-,27-,30?/m1/s1. The van der Waals surface area contributed by atoms with Crippen LogP contribution in [0.2, 0.25) is 0 Å². The zero-order valence-electron chi connectivity index (χ0n) is 22.2. The smallest absolute Gasteiger partial charge is 0.235 e. The van der Waals surface area contributed by atoms with Crippen molar-refractivity contribution in [3.05, 3.63) is 89.0 Å². The highest BCUT2D eigenvalue weighted by atomic mass is 19.2. The van der Waals surface area contributed by atoms with Gasteiger partial charge in [-0.3, -0.25) is 9.79 Å². The first-order valence-electron chi connectivity index (χ1n) is 12.8. The summed E-state index contributed by atoms with van der Waals surface area (Å²) in [5, 5.41) is 17.0. The number of benzene rings is 2. The van der Waals surface area contributed by atoms with Crippen molar-refractivity contribution in [1.29, 1.82) is 0 Å². The highest BCUT2D eigenvalue weighted by Crippen LogP contribution is 2.39. The number of nitrogens with zero attached hydrogens (tertiary/aromatic N) is 1. The molecule has 0 aliphatic heterocycles. The van der Waals surface area contributed by atoms with E-state index in [1.807, 2.05) is 45.9 Å². The average Bonchev–Trinajstić information content (AvgIpc) is 3.17. The van der Waals surface area contributed by atoms with E-state index in [1.165, 1.54) is 12.1 Å². The molecule has 1 amide bonds. The second-order valence-electron chi connectivity index (χ2n) is 10.8. The Morgan fingerprint density at radius 3 is 2.71 bits per heavy atom. The summed E-state index contributed by atoms with van der Waals surface area (Å²) < 4.78 is 34.7. The molecule has 3 atom stereocenters. The molecule has 8 heteroatoms. The fourth-order valence-electron chi connectivity index (χ4n) is 4.92. The van der Waals surface area contributed by atoms with Gasteiger partial charge in [-0.2, -0.15) is 0 Å². The van der Waals surface area contributed by atoms with Gasteiger partial charge < -0.3 is 20.5 Å². The van der Waals surface area contributed by atoms with Crippen LogP contribution in [-0.2, 0) is 21.4 Å². The van der Waals surface area contributed by atoms with E-state index in [0.717, 1.165) is 22.9 Å². The minimum Gasteiger partial charge on any atom is -0.390 e. The number of aliphatic hydroxyl groups is 1. The number of carbonyl (C=O) groups excluding carboxylic acids is 1. The van der Waals surface area contributed by atoms with Gasteiger partial charge in [0.1, 0.15) is 0 Å². The first-order chi connectivity index (χ1) is 18.0. The first kappa shape index (κ1) is 27.7. The van der Waals surface area contributed by atoms with Crippen LogP contribution in [0, 0.1) is 11.6 Å². The number of amides is 1. The summed E-state index contributed by atoms with van der Waals surface area (Å²) in [5.41, 5.74) is 0.747. The topological polar surface area (TPSA) is 83.0 Å². The van der Waals surface area contributed by atoms with Crippen molar-refractivity contribution in [3.63, 3.8) is 0 Å². The highest BCUT2D eigenvalue weighted by molar-refractivity contribution is 5.94. The first-order valence-corrected chi connectivity index (χ1v) is 12.8. The molecule has 0 radical (unpaired) electrons. The number of fused-ring (bicyclic) bond motifs is 1. The molecule has 0 heterocycles. The van der Waals surface area contributed by atoms with Crippen molar-refractivity contribution >= 4 is 17.4 Å². The van der Waals surface area contributed by atoms with Gasteiger partial charge in [-0.1, -0.05) is 42.5 Å². The summed E-state index contributed by atoms with van der Waals surface area (Å²) in [6.07, 6.45) is 6.44. The number of carbonyl (C=O) groups is 1. The SMILES string of the molecule is CC(=NCCOC(C)(C)C)Nc1ccc2c(c1)[C@@H](NC(=O)C1(c3cccc(F)c3F)C=CC=CC1)[C@H](O)C2. The molecule has 1 unspecified atom stereocenters. The van der Waals surface area contributed by atoms with Crippen molar-refractivity contribution in [2.24, 2.45) is 4.99 Å². The minimum absolute atomic E-state index is 0.0407. The van der Waals surface area contributed by atoms with E-state index < -0.39 is 35.1 Å². The third kappa shape index (κ3) is 6.03. The largest absolute Gasteiger partial charge is 0.390 e. The molecule has 0 fully saturated rings. The average molecular weight is 524 g/mol. The van der Waals surface area contributed by atoms with Crippen LogP contribution in [0.15, 0.2) is 65.7 Å². The molecule has 2 aliphatic carbocycles. The molecule has 0 spiro atoms. The van der Waals surface area contributed by atoms with Crippen molar-refractivity contribution in [2.75, 3.05) is 18.5 Å². The van der Waals surface area contributed by atoms with Crippen molar-refractivity contribution in [2.45, 2.75) is 63.7 Å². The van der Waals surface area contributed by atoms with Gasteiger partial charge in [-0.25, -0.2) is 8.78 Å². The monoisotopic (exact) mass is 523 g/mol. The molecule has 0 saturated carbocycles. The summed E-state index contributed by atoms with van der Waals surface area (Å²) in [4.78, 5) is 18.2. The van der Waals surface area contributed by atoms with Gasteiger partial charge in [0.2, 0.25) is 5.91 Å². The molecule has 2 aromatic carbocycles. The number of hydrogen-bond acceptors (Lipinski definition) is 4. The maximum atomic E-state index is 14.9. The predicted molar refractivity (Wildman–Crippen MR) is 145 cm³/mol. The highest BCUT2D eigenvalue weighted by Gasteiger charge is 2.43. The van der Waals surface area contributed by atoms with E-state index in [0.29, 0.717) is 25.4 Å². The van der Waals surface area contributed by atoms with Crippen molar-refractivity contribution in [1.82, 2.24) is 5.32 Å². The number of allylic oxidation sites excluding steroid dienone is 3. The molecule has 4 rings (SSSR count). The molecule has 3 N–H and O–H groups in total. The zero-order valence-corrected chi connectivity index (χ0v) is 22.2. The van der Waals surface area contributed by atoms with Crippen LogP contribution in [0.5, 0.6) is 0 Å². The minimum atomic E-state index is -1.43. The Hall–Kier alpha value is -3.36. The Kier molecular flexibility index (Phi) is 8.13. The number of aliphatic hydroxyl groups excluding tert-OH is 1. The van der Waals surface area contributed by atoms with Crippen LogP contribution < -0.4 is 10.6 Å². The Morgan fingerprint density at radius 2 is 2.00 bits per heavy atom. The lowest BCUT2D eigenvalue weighted by molar-refractivity contribution is -0.126. The number of ether oxygens (including phenoxy) is 1. The van der Waals surface area contributed by atoms with Gasteiger partial charge in [0.25, 0.3) is 0 Å². The molecule has 2 aromatic rings. The quantitative estimate of drug-likeness (QED) is 0.267. The van der Waals surface area contributed by atoms with Gasteiger partial charge in [0.05, 0.1) is 42.1 Å². The molecule has 38 heavy (non-hydrogen) atoms. The normalized spacial score (nSPS) is 22.9. The number of anilines is 1. The second-order valence-corrected chi connectivity index (χ2v) is 10.8. The number of halogens is 2. The number of hydrogen-bond donors (Lipinski definition) is 3. The summed E-state index contributed by atoms with van der Waals surface area (Å²) in [7, 11) is 0. The van der Waals surface area contributed by atoms with E-state index in [2.05, 4.69) is 15.6 Å². The fourth-order valence-corrected chi connectivity index (χ4v) is 4.92. The molecule has 2 aliphatic rings. The molecule has 0 aromatic heterocycles. The van der Waals surface area contributed by atoms with Crippen LogP contribution in [0.3, 0.4) is 0 Å². The van der Waals surface area contributed by atoms with Crippen LogP contribution in [-0.4, -0.2) is 41.7 Å². The summed E-state index contributed by atoms with van der Waals surface area (Å²) in [6, 6.07) is 8.84. The Bertz CT molecular complexity index is 1280. The molecule has 202 valence electrons. The molecule has 6 nitrogen and oxygen atoms in total. The van der Waals surface area contributed by atoms with Crippen LogP contribution in [0.1, 0.15) is 56.8 Å². The summed E-state index contributed by atoms with van der Waals surface area (Å²) >= 11 is 0. The third-order valence-electron chi connectivity index (χ3n) is 6.79. The van der Waals surface area contributed by atoms with E-state index >= 15 is 0 Å². The van der Waals surface area contributed by atoms with Crippen molar-refractivity contribution < 1.29 is 23.4 Å². The number of amidine groups is 1. The van der Waals surface area contributed by atoms with Crippen LogP contribution >= 0.6 is 0 Å². The van der Waals surface area contributed by atoms with Gasteiger partial charge in [-0.05, 0) is 63.4 Å². The maximum Gasteiger partial charge on any atom is 0.235 e. The number of aliphatic imine (C=N–C) groups is 1. The molecule has 0 bridgehead atoms. The van der Waals surface area contributed by atoms with E-state index in [4.69, 9.17) is 4.74 Å². The second kappa shape index (κ2) is 11.2. The molecule has 0 saturated heterocycles. The van der Waals surface area contributed by atoms with E-state index in [1.54, 1.807) is 24.3 Å². The Balaban J connectivity index is 1.54. The summed E-state index contributed by atoms with van der Waals surface area (Å²) in [6.45, 7) is 8.86. The number of nitrogens with one attached hydrogen (secondary N) is 2. The number of rotatable bonds is 7. The van der Waals surface area contributed by atoms with Gasteiger partial charge >= 0.3 is 0 Å². The maximum absolute atomic E-state index is 14.9. The summed E-state index contributed by atoms with van der Waals surface area (Å²) in [5.74, 6) is -1.86. The molecular weight excluding hydrogens is 488 g/mol. The van der Waals surface area contributed by atoms with Crippen LogP contribution in [0.4, 0.5) is 14.5 Å². The predicted octanol–water partition coefficient (Wildman–Crippen LogP) is 5.14. The lowest BCUT2D eigenvalue weighted by Crippen LogP contribution is -2.47. The fraction of sp³-hybridized carbons (Fsp3) is 0.400. The Labute approximate surface area is 222 Å². The lowest BCUT2D eigenvalue weighted by atomic mass is 9.74. The third-order valence-corrected chi connectivity index (χ3v) is 6.79. The van der Waals surface area contributed by atoms with E-state index in [-0.39, 0.29) is 17.6 Å². The lowest BCUT2D eigenvalue weighted by Gasteiger charge is -2.33. The zero-order chi connectivity index (χ0) is 27.5. The van der Waals surface area contributed by atoms with Gasteiger partial charge in [0, 0.05) is 17.7 Å². The van der Waals surface area contributed by atoms with Gasteiger partial charge in [0.15, 0.2) is 11.6 Å². The molecular formula is C30H35F2N3O3. The Morgan fingerprint density at radius 1 is 1.21 bits per heavy atom. The van der Waals surface area contributed by atoms with E-state index in [9.17, 15) is 18.7 Å². The van der Waals surface area contributed by atoms with Crippen molar-refractivity contribution in [3.8, 4) is 0 Å². The van der Waals surface area contributed by atoms with Gasteiger partial charge in [-0.15, -0.1) is 0 Å².